The second kappa shape index (κ2) is 5.63. The second-order valence-electron chi connectivity index (χ2n) is 4.10. The molecule has 0 aliphatic carbocycles. The van der Waals surface area contributed by atoms with E-state index >= 15 is 0 Å². The van der Waals surface area contributed by atoms with Gasteiger partial charge in [0.2, 0.25) is 10.0 Å². The summed E-state index contributed by atoms with van der Waals surface area (Å²) in [5, 5.41) is 0. The highest BCUT2D eigenvalue weighted by molar-refractivity contribution is 7.88. The molecule has 0 N–H and O–H groups in total. The number of carbonyl (C=O) groups is 1. The predicted octanol–water partition coefficient (Wildman–Crippen LogP) is 0.611. The van der Waals surface area contributed by atoms with E-state index in [4.69, 9.17) is 4.74 Å². The summed E-state index contributed by atoms with van der Waals surface area (Å²) in [6.07, 6.45) is 3.14. The van der Waals surface area contributed by atoms with Crippen LogP contribution in [0, 0.1) is 5.92 Å². The highest BCUT2D eigenvalue weighted by atomic mass is 32.2. The van der Waals surface area contributed by atoms with Crippen LogP contribution in [0.1, 0.15) is 26.2 Å². The summed E-state index contributed by atoms with van der Waals surface area (Å²) in [6.45, 7) is 3.24. The van der Waals surface area contributed by atoms with E-state index in [2.05, 4.69) is 0 Å². The Morgan fingerprint density at radius 2 is 1.94 bits per heavy atom. The maximum Gasteiger partial charge on any atom is 0.309 e. The summed E-state index contributed by atoms with van der Waals surface area (Å²) in [5.41, 5.74) is 0. The van der Waals surface area contributed by atoms with E-state index < -0.39 is 10.0 Å². The van der Waals surface area contributed by atoms with Crippen molar-refractivity contribution in [2.75, 3.05) is 26.0 Å². The van der Waals surface area contributed by atoms with E-state index in [1.54, 1.807) is 0 Å². The summed E-state index contributed by atoms with van der Waals surface area (Å²) >= 11 is 0. The lowest BCUT2D eigenvalue weighted by Crippen LogP contribution is -2.40. The second-order valence-corrected chi connectivity index (χ2v) is 6.09. The molecule has 16 heavy (non-hydrogen) atoms. The van der Waals surface area contributed by atoms with Crippen LogP contribution in [0.3, 0.4) is 0 Å². The Kier molecular flexibility index (Phi) is 4.73. The maximum absolute atomic E-state index is 11.5. The van der Waals surface area contributed by atoms with Crippen LogP contribution in [0.15, 0.2) is 0 Å². The molecule has 0 spiro atoms. The molecule has 0 aromatic rings. The van der Waals surface area contributed by atoms with Gasteiger partial charge in [0.25, 0.3) is 0 Å². The van der Waals surface area contributed by atoms with Crippen LogP contribution in [0.5, 0.6) is 0 Å². The van der Waals surface area contributed by atoms with Crippen LogP contribution < -0.4 is 0 Å². The smallest absolute Gasteiger partial charge is 0.309 e. The van der Waals surface area contributed by atoms with Gasteiger partial charge >= 0.3 is 5.97 Å². The molecule has 1 rings (SSSR count). The van der Waals surface area contributed by atoms with Crippen LogP contribution in [-0.4, -0.2) is 44.6 Å². The van der Waals surface area contributed by atoms with Crippen LogP contribution in [0.2, 0.25) is 0 Å². The van der Waals surface area contributed by atoms with Crippen molar-refractivity contribution in [3.63, 3.8) is 0 Å². The monoisotopic (exact) mass is 249 g/mol. The lowest BCUT2D eigenvalue weighted by Gasteiger charge is -2.28. The number of nitrogens with zero attached hydrogens (tertiary/aromatic N) is 1. The Balaban J connectivity index is 2.40. The fourth-order valence-corrected chi connectivity index (χ4v) is 2.62. The average molecular weight is 249 g/mol. The molecule has 94 valence electrons. The number of ether oxygens (including phenoxy) is 1. The maximum atomic E-state index is 11.5. The largest absolute Gasteiger partial charge is 0.465 e. The molecule has 1 fully saturated rings. The molecular formula is C10H19NO4S. The molecule has 1 saturated heterocycles. The first-order valence-electron chi connectivity index (χ1n) is 5.57. The Morgan fingerprint density at radius 3 is 2.38 bits per heavy atom. The van der Waals surface area contributed by atoms with E-state index in [1.807, 2.05) is 6.92 Å². The van der Waals surface area contributed by atoms with E-state index in [1.165, 1.54) is 10.6 Å². The van der Waals surface area contributed by atoms with Crippen molar-refractivity contribution in [3.8, 4) is 0 Å². The van der Waals surface area contributed by atoms with Gasteiger partial charge in [-0.1, -0.05) is 6.92 Å². The van der Waals surface area contributed by atoms with Crippen LogP contribution in [-0.2, 0) is 19.6 Å². The molecule has 1 aliphatic heterocycles. The molecule has 0 atom stereocenters. The van der Waals surface area contributed by atoms with Crippen LogP contribution in [0.4, 0.5) is 0 Å². The average Bonchev–Trinajstić information content (AvgIpc) is 2.25. The van der Waals surface area contributed by atoms with Crippen molar-refractivity contribution in [3.05, 3.63) is 0 Å². The first-order chi connectivity index (χ1) is 7.45. The number of piperidine rings is 1. The van der Waals surface area contributed by atoms with Gasteiger partial charge in [-0.3, -0.25) is 4.79 Å². The van der Waals surface area contributed by atoms with Crippen molar-refractivity contribution < 1.29 is 17.9 Å². The first kappa shape index (κ1) is 13.4. The minimum atomic E-state index is -3.11. The van der Waals surface area contributed by atoms with Gasteiger partial charge in [-0.2, -0.15) is 0 Å². The molecule has 0 saturated carbocycles. The molecule has 0 unspecified atom stereocenters. The van der Waals surface area contributed by atoms with Gasteiger partial charge in [-0.15, -0.1) is 0 Å². The fraction of sp³-hybridized carbons (Fsp3) is 0.900. The predicted molar refractivity (Wildman–Crippen MR) is 60.4 cm³/mol. The Morgan fingerprint density at radius 1 is 1.38 bits per heavy atom. The van der Waals surface area contributed by atoms with Crippen molar-refractivity contribution in [2.24, 2.45) is 5.92 Å². The Hall–Kier alpha value is -0.620. The van der Waals surface area contributed by atoms with E-state index in [0.29, 0.717) is 32.5 Å². The van der Waals surface area contributed by atoms with Crippen LogP contribution in [0.25, 0.3) is 0 Å². The van der Waals surface area contributed by atoms with Crippen molar-refractivity contribution >= 4 is 16.0 Å². The molecule has 0 aromatic carbocycles. The summed E-state index contributed by atoms with van der Waals surface area (Å²) in [4.78, 5) is 11.5. The lowest BCUT2D eigenvalue weighted by molar-refractivity contribution is -0.149. The van der Waals surface area contributed by atoms with Crippen molar-refractivity contribution in [2.45, 2.75) is 26.2 Å². The standard InChI is InChI=1S/C10H19NO4S/c1-3-8-15-10(12)9-4-6-11(7-5-9)16(2,13)14/h9H,3-8H2,1-2H3. The lowest BCUT2D eigenvalue weighted by atomic mass is 9.98. The highest BCUT2D eigenvalue weighted by Crippen LogP contribution is 2.20. The SMILES string of the molecule is CCCOC(=O)C1CCN(S(C)(=O)=O)CC1. The normalized spacial score (nSPS) is 19.6. The van der Waals surface area contributed by atoms with Gasteiger partial charge in [0.05, 0.1) is 18.8 Å². The molecule has 1 heterocycles. The topological polar surface area (TPSA) is 63.7 Å². The fourth-order valence-electron chi connectivity index (χ4n) is 1.74. The molecule has 0 amide bonds. The zero-order valence-electron chi connectivity index (χ0n) is 9.81. The summed E-state index contributed by atoms with van der Waals surface area (Å²) < 4.78 is 28.9. The third kappa shape index (κ3) is 3.75. The zero-order chi connectivity index (χ0) is 12.2. The molecule has 0 radical (unpaired) electrons. The summed E-state index contributed by atoms with van der Waals surface area (Å²) in [5.74, 6) is -0.320. The number of sulfonamides is 1. The van der Waals surface area contributed by atoms with Crippen molar-refractivity contribution in [1.29, 1.82) is 0 Å². The van der Waals surface area contributed by atoms with Gasteiger partial charge in [-0.25, -0.2) is 12.7 Å². The molecule has 0 bridgehead atoms. The summed E-state index contributed by atoms with van der Waals surface area (Å²) in [7, 11) is -3.11. The first-order valence-corrected chi connectivity index (χ1v) is 7.41. The van der Waals surface area contributed by atoms with Crippen molar-refractivity contribution in [1.82, 2.24) is 4.31 Å². The van der Waals surface area contributed by atoms with E-state index in [-0.39, 0.29) is 11.9 Å². The minimum absolute atomic E-state index is 0.135. The third-order valence-electron chi connectivity index (χ3n) is 2.70. The van der Waals surface area contributed by atoms with E-state index in [0.717, 1.165) is 6.42 Å². The molecular weight excluding hydrogens is 230 g/mol. The highest BCUT2D eigenvalue weighted by Gasteiger charge is 2.29. The summed E-state index contributed by atoms with van der Waals surface area (Å²) in [6, 6.07) is 0. The van der Waals surface area contributed by atoms with Gasteiger partial charge in [0.1, 0.15) is 0 Å². The molecule has 6 heteroatoms. The Bertz CT molecular complexity index is 331. The number of esters is 1. The van der Waals surface area contributed by atoms with E-state index in [9.17, 15) is 13.2 Å². The number of hydrogen-bond donors (Lipinski definition) is 0. The number of rotatable bonds is 4. The molecule has 0 aromatic heterocycles. The number of hydrogen-bond acceptors (Lipinski definition) is 4. The molecule has 1 aliphatic rings. The van der Waals surface area contributed by atoms with Crippen LogP contribution >= 0.6 is 0 Å². The van der Waals surface area contributed by atoms with Gasteiger partial charge < -0.3 is 4.74 Å². The van der Waals surface area contributed by atoms with Gasteiger partial charge in [0.15, 0.2) is 0 Å². The quantitative estimate of drug-likeness (QED) is 0.685. The zero-order valence-corrected chi connectivity index (χ0v) is 10.6. The molecule has 5 nitrogen and oxygen atoms in total. The number of carbonyl (C=O) groups excluding carboxylic acids is 1. The minimum Gasteiger partial charge on any atom is -0.465 e. The van der Waals surface area contributed by atoms with Gasteiger partial charge in [-0.05, 0) is 19.3 Å². The third-order valence-corrected chi connectivity index (χ3v) is 4.01. The van der Waals surface area contributed by atoms with Gasteiger partial charge in [0, 0.05) is 13.1 Å². The Labute approximate surface area is 96.8 Å².